The van der Waals surface area contributed by atoms with Crippen LogP contribution >= 0.6 is 0 Å². The van der Waals surface area contributed by atoms with E-state index in [1.165, 1.54) is 0 Å². The van der Waals surface area contributed by atoms with E-state index >= 15 is 0 Å². The number of hydrogen-bond donors (Lipinski definition) is 1. The van der Waals surface area contributed by atoms with Crippen LogP contribution in [0, 0.1) is 0 Å². The van der Waals surface area contributed by atoms with Gasteiger partial charge in [0.2, 0.25) is 0 Å². The van der Waals surface area contributed by atoms with Crippen LogP contribution in [0.4, 0.5) is 0 Å². The van der Waals surface area contributed by atoms with Gasteiger partial charge in [-0.2, -0.15) is 0 Å². The zero-order valence-electron chi connectivity index (χ0n) is 8.27. The molecule has 0 bridgehead atoms. The van der Waals surface area contributed by atoms with E-state index in [1.54, 1.807) is 0 Å². The van der Waals surface area contributed by atoms with Crippen molar-refractivity contribution < 1.29 is 0 Å². The first-order valence-electron chi connectivity index (χ1n) is 4.80. The minimum atomic E-state index is 0.401. The zero-order valence-corrected chi connectivity index (χ0v) is 8.27. The third-order valence-electron chi connectivity index (χ3n) is 2.18. The molecular weight excluding hydrogens is 166 g/mol. The first kappa shape index (κ1) is 10.1. The van der Waals surface area contributed by atoms with E-state index in [9.17, 15) is 0 Å². The van der Waals surface area contributed by atoms with Gasteiger partial charge in [-0.05, 0) is 23.3 Å². The Labute approximate surface area is 78.3 Å². The third kappa shape index (κ3) is 2.24. The van der Waals surface area contributed by atoms with Gasteiger partial charge in [0.25, 0.3) is 0 Å². The Morgan fingerprint density at radius 3 is 2.77 bits per heavy atom. The summed E-state index contributed by atoms with van der Waals surface area (Å²) in [6.45, 7) is 4.71. The fourth-order valence-electron chi connectivity index (χ4n) is 1.46. The Morgan fingerprint density at radius 1 is 1.46 bits per heavy atom. The monoisotopic (exact) mass is 183 g/mol. The van der Waals surface area contributed by atoms with E-state index in [2.05, 4.69) is 29.4 Å². The average molecular weight is 183 g/mol. The van der Waals surface area contributed by atoms with Crippen molar-refractivity contribution >= 4 is 0 Å². The summed E-state index contributed by atoms with van der Waals surface area (Å²) < 4.78 is 1.85. The van der Waals surface area contributed by atoms with Crippen molar-refractivity contribution in [1.82, 2.24) is 20.2 Å². The van der Waals surface area contributed by atoms with E-state index in [0.717, 1.165) is 25.1 Å². The Morgan fingerprint density at radius 2 is 2.23 bits per heavy atom. The summed E-state index contributed by atoms with van der Waals surface area (Å²) in [5, 5.41) is 11.4. The summed E-state index contributed by atoms with van der Waals surface area (Å²) in [4.78, 5) is 0. The maximum atomic E-state index is 5.52. The predicted molar refractivity (Wildman–Crippen MR) is 49.9 cm³/mol. The fraction of sp³-hybridized carbons (Fsp3) is 0.875. The lowest BCUT2D eigenvalue weighted by Gasteiger charge is -2.14. The molecule has 1 aromatic rings. The van der Waals surface area contributed by atoms with Gasteiger partial charge in [0.05, 0.1) is 12.6 Å². The minimum Gasteiger partial charge on any atom is -0.324 e. The maximum absolute atomic E-state index is 5.52. The highest BCUT2D eigenvalue weighted by atomic mass is 15.5. The Bertz CT molecular complexity index is 244. The van der Waals surface area contributed by atoms with E-state index in [1.807, 2.05) is 4.68 Å². The molecule has 1 heterocycles. The molecule has 1 rings (SSSR count). The van der Waals surface area contributed by atoms with Crippen LogP contribution in [0.3, 0.4) is 0 Å². The third-order valence-corrected chi connectivity index (χ3v) is 2.18. The second-order valence-corrected chi connectivity index (χ2v) is 3.09. The molecule has 5 heteroatoms. The van der Waals surface area contributed by atoms with Gasteiger partial charge in [-0.1, -0.05) is 20.3 Å². The molecule has 0 saturated heterocycles. The van der Waals surface area contributed by atoms with Gasteiger partial charge in [0.15, 0.2) is 5.82 Å². The summed E-state index contributed by atoms with van der Waals surface area (Å²) in [6, 6.07) is 0.401. The molecule has 0 aromatic carbocycles. The van der Waals surface area contributed by atoms with Gasteiger partial charge < -0.3 is 5.73 Å². The largest absolute Gasteiger partial charge is 0.324 e. The van der Waals surface area contributed by atoms with Crippen LogP contribution < -0.4 is 5.73 Å². The summed E-state index contributed by atoms with van der Waals surface area (Å²) in [5.74, 6) is 0.778. The lowest BCUT2D eigenvalue weighted by atomic mass is 10.1. The van der Waals surface area contributed by atoms with Crippen LogP contribution in [-0.4, -0.2) is 20.2 Å². The van der Waals surface area contributed by atoms with Crippen molar-refractivity contribution in [2.24, 2.45) is 5.73 Å². The van der Waals surface area contributed by atoms with E-state index < -0.39 is 0 Å². The first-order chi connectivity index (χ1) is 6.33. The molecule has 0 spiro atoms. The number of tetrazole rings is 1. The van der Waals surface area contributed by atoms with Crippen molar-refractivity contribution in [2.45, 2.75) is 45.7 Å². The van der Waals surface area contributed by atoms with Crippen LogP contribution in [0.25, 0.3) is 0 Å². The predicted octanol–water partition coefficient (Wildman–Crippen LogP) is 0.883. The Kier molecular flexibility index (Phi) is 3.82. The summed E-state index contributed by atoms with van der Waals surface area (Å²) >= 11 is 0. The van der Waals surface area contributed by atoms with Crippen LogP contribution in [0.1, 0.15) is 45.0 Å². The summed E-state index contributed by atoms with van der Waals surface area (Å²) in [5.41, 5.74) is 5.52. The number of rotatable bonds is 5. The molecule has 5 nitrogen and oxygen atoms in total. The molecule has 2 N–H and O–H groups in total. The van der Waals surface area contributed by atoms with Crippen molar-refractivity contribution in [3.05, 3.63) is 5.82 Å². The van der Waals surface area contributed by atoms with E-state index in [-0.39, 0.29) is 0 Å². The van der Waals surface area contributed by atoms with Gasteiger partial charge in [-0.3, -0.25) is 0 Å². The van der Waals surface area contributed by atoms with Gasteiger partial charge >= 0.3 is 0 Å². The van der Waals surface area contributed by atoms with Crippen molar-refractivity contribution in [2.75, 3.05) is 0 Å². The molecule has 1 atom stereocenters. The molecule has 0 saturated carbocycles. The van der Waals surface area contributed by atoms with Crippen LogP contribution in [0.5, 0.6) is 0 Å². The Hall–Kier alpha value is -0.970. The minimum absolute atomic E-state index is 0.401. The van der Waals surface area contributed by atoms with Gasteiger partial charge in [0, 0.05) is 0 Å². The summed E-state index contributed by atoms with van der Waals surface area (Å²) in [6.07, 6.45) is 3.29. The van der Waals surface area contributed by atoms with Crippen LogP contribution in [-0.2, 0) is 6.54 Å². The number of aromatic nitrogens is 4. The average Bonchev–Trinajstić information content (AvgIpc) is 2.61. The fourth-order valence-corrected chi connectivity index (χ4v) is 1.46. The molecule has 0 fully saturated rings. The Balaban J connectivity index is 2.77. The maximum Gasteiger partial charge on any atom is 0.165 e. The molecular formula is C8H17N5. The zero-order chi connectivity index (χ0) is 9.68. The smallest absolute Gasteiger partial charge is 0.165 e. The lowest BCUT2D eigenvalue weighted by Crippen LogP contribution is -2.15. The number of nitrogens with zero attached hydrogens (tertiary/aromatic N) is 4. The number of nitrogens with two attached hydrogens (primary N) is 1. The molecule has 0 aliphatic heterocycles. The molecule has 13 heavy (non-hydrogen) atoms. The highest BCUT2D eigenvalue weighted by molar-refractivity contribution is 4.82. The van der Waals surface area contributed by atoms with E-state index in [4.69, 9.17) is 5.73 Å². The topological polar surface area (TPSA) is 69.6 Å². The second kappa shape index (κ2) is 4.91. The molecule has 1 unspecified atom stereocenters. The SMILES string of the molecule is CCCC(CC)n1nnnc1CN. The van der Waals surface area contributed by atoms with E-state index in [0.29, 0.717) is 12.6 Å². The quantitative estimate of drug-likeness (QED) is 0.735. The van der Waals surface area contributed by atoms with Crippen molar-refractivity contribution in [3.8, 4) is 0 Å². The summed E-state index contributed by atoms with van der Waals surface area (Å²) in [7, 11) is 0. The van der Waals surface area contributed by atoms with Crippen molar-refractivity contribution in [1.29, 1.82) is 0 Å². The highest BCUT2D eigenvalue weighted by Crippen LogP contribution is 2.16. The highest BCUT2D eigenvalue weighted by Gasteiger charge is 2.13. The van der Waals surface area contributed by atoms with Crippen LogP contribution in [0.15, 0.2) is 0 Å². The van der Waals surface area contributed by atoms with Gasteiger partial charge in [0.1, 0.15) is 0 Å². The molecule has 0 aliphatic carbocycles. The lowest BCUT2D eigenvalue weighted by molar-refractivity contribution is 0.388. The molecule has 1 aromatic heterocycles. The van der Waals surface area contributed by atoms with Gasteiger partial charge in [-0.25, -0.2) is 4.68 Å². The standard InChI is InChI=1S/C8H17N5/c1-3-5-7(4-2)13-8(6-9)10-11-12-13/h7H,3-6,9H2,1-2H3. The molecule has 0 radical (unpaired) electrons. The van der Waals surface area contributed by atoms with Crippen molar-refractivity contribution in [3.63, 3.8) is 0 Å². The van der Waals surface area contributed by atoms with Crippen LogP contribution in [0.2, 0.25) is 0 Å². The molecule has 0 amide bonds. The first-order valence-corrected chi connectivity index (χ1v) is 4.80. The molecule has 0 aliphatic rings. The second-order valence-electron chi connectivity index (χ2n) is 3.09. The number of hydrogen-bond acceptors (Lipinski definition) is 4. The van der Waals surface area contributed by atoms with Gasteiger partial charge in [-0.15, -0.1) is 5.10 Å². The molecule has 74 valence electrons. The normalized spacial score (nSPS) is 13.2.